The van der Waals surface area contributed by atoms with Gasteiger partial charge in [0.05, 0.1) is 0 Å². The van der Waals surface area contributed by atoms with Gasteiger partial charge in [0.2, 0.25) is 0 Å². The lowest BCUT2D eigenvalue weighted by molar-refractivity contribution is 0.646. The molecule has 2 aromatic rings. The number of nitrogens with zero attached hydrogens (tertiary/aromatic N) is 2. The normalized spacial score (nSPS) is 12.2. The third kappa shape index (κ3) is 4.45. The molecule has 0 amide bonds. The average Bonchev–Trinajstić information content (AvgIpc) is 2.50. The summed E-state index contributed by atoms with van der Waals surface area (Å²) in [5.41, 5.74) is 9.38. The van der Waals surface area contributed by atoms with Crippen LogP contribution in [0.3, 0.4) is 0 Å². The van der Waals surface area contributed by atoms with E-state index >= 15 is 0 Å². The molecule has 2 N–H and O–H groups in total. The molecule has 2 rings (SSSR count). The zero-order valence-electron chi connectivity index (χ0n) is 12.6. The lowest BCUT2D eigenvalue weighted by atomic mass is 10.0. The first-order valence-corrected chi connectivity index (χ1v) is 7.62. The number of benzene rings is 1. The Bertz CT molecular complexity index is 572. The third-order valence-electron chi connectivity index (χ3n) is 3.63. The van der Waals surface area contributed by atoms with Gasteiger partial charge in [-0.2, -0.15) is 0 Å². The van der Waals surface area contributed by atoms with E-state index in [0.717, 1.165) is 35.7 Å². The molecule has 112 valence electrons. The maximum atomic E-state index is 6.38. The molecule has 1 aromatic carbocycles. The van der Waals surface area contributed by atoms with Gasteiger partial charge in [-0.1, -0.05) is 30.7 Å². The summed E-state index contributed by atoms with van der Waals surface area (Å²) in [6, 6.07) is 10.4. The predicted octanol–water partition coefficient (Wildman–Crippen LogP) is 3.65. The number of anilines is 1. The molecule has 1 aromatic heterocycles. The largest absolute Gasteiger partial charge is 0.370 e. The quantitative estimate of drug-likeness (QED) is 0.885. The molecule has 0 aliphatic carbocycles. The second-order valence-electron chi connectivity index (χ2n) is 5.37. The SMILES string of the molecule is CCC(N)Cc1ccc(N(C)Cc2cccnc2)cc1Cl. The van der Waals surface area contributed by atoms with Crippen molar-refractivity contribution < 1.29 is 0 Å². The Morgan fingerprint density at radius 2 is 2.14 bits per heavy atom. The Hall–Kier alpha value is -1.58. The minimum Gasteiger partial charge on any atom is -0.370 e. The van der Waals surface area contributed by atoms with Crippen molar-refractivity contribution in [2.75, 3.05) is 11.9 Å². The van der Waals surface area contributed by atoms with Crippen molar-refractivity contribution in [3.8, 4) is 0 Å². The van der Waals surface area contributed by atoms with Crippen molar-refractivity contribution in [2.45, 2.75) is 32.4 Å². The maximum Gasteiger partial charge on any atom is 0.0459 e. The van der Waals surface area contributed by atoms with Gasteiger partial charge in [-0.15, -0.1) is 0 Å². The molecule has 0 aliphatic rings. The number of nitrogens with two attached hydrogens (primary N) is 1. The Balaban J connectivity index is 2.08. The molecular formula is C17H22ClN3. The molecule has 0 saturated carbocycles. The van der Waals surface area contributed by atoms with E-state index < -0.39 is 0 Å². The van der Waals surface area contributed by atoms with Crippen LogP contribution in [-0.2, 0) is 13.0 Å². The van der Waals surface area contributed by atoms with Crippen molar-refractivity contribution in [3.63, 3.8) is 0 Å². The molecule has 0 bridgehead atoms. The van der Waals surface area contributed by atoms with E-state index in [1.54, 1.807) is 6.20 Å². The molecule has 0 radical (unpaired) electrons. The van der Waals surface area contributed by atoms with Gasteiger partial charge in [0, 0.05) is 42.7 Å². The molecule has 21 heavy (non-hydrogen) atoms. The van der Waals surface area contributed by atoms with Crippen LogP contribution in [0.2, 0.25) is 5.02 Å². The van der Waals surface area contributed by atoms with Gasteiger partial charge in [-0.25, -0.2) is 0 Å². The molecule has 0 saturated heterocycles. The Labute approximate surface area is 131 Å². The van der Waals surface area contributed by atoms with E-state index in [4.69, 9.17) is 17.3 Å². The van der Waals surface area contributed by atoms with Crippen LogP contribution in [0, 0.1) is 0 Å². The second kappa shape index (κ2) is 7.43. The van der Waals surface area contributed by atoms with Gasteiger partial charge in [-0.3, -0.25) is 4.98 Å². The first-order valence-electron chi connectivity index (χ1n) is 7.24. The standard InChI is InChI=1S/C17H22ClN3/c1-3-15(19)9-14-6-7-16(10-17(14)18)21(2)12-13-5-4-8-20-11-13/h4-8,10-11,15H,3,9,12,19H2,1-2H3. The van der Waals surface area contributed by atoms with Crippen molar-refractivity contribution in [2.24, 2.45) is 5.73 Å². The summed E-state index contributed by atoms with van der Waals surface area (Å²) < 4.78 is 0. The van der Waals surface area contributed by atoms with Crippen LogP contribution in [0.5, 0.6) is 0 Å². The molecule has 0 aliphatic heterocycles. The smallest absolute Gasteiger partial charge is 0.0459 e. The van der Waals surface area contributed by atoms with Gasteiger partial charge >= 0.3 is 0 Å². The van der Waals surface area contributed by atoms with Gasteiger partial charge < -0.3 is 10.6 Å². The molecule has 1 unspecified atom stereocenters. The zero-order valence-corrected chi connectivity index (χ0v) is 13.3. The fourth-order valence-electron chi connectivity index (χ4n) is 2.22. The fourth-order valence-corrected chi connectivity index (χ4v) is 2.47. The summed E-state index contributed by atoms with van der Waals surface area (Å²) in [5, 5.41) is 0.787. The maximum absolute atomic E-state index is 6.38. The molecular weight excluding hydrogens is 282 g/mol. The fraction of sp³-hybridized carbons (Fsp3) is 0.353. The van der Waals surface area contributed by atoms with Gasteiger partial charge in [0.15, 0.2) is 0 Å². The van der Waals surface area contributed by atoms with Crippen molar-refractivity contribution in [1.82, 2.24) is 4.98 Å². The molecule has 0 spiro atoms. The molecule has 1 heterocycles. The van der Waals surface area contributed by atoms with Crippen LogP contribution in [0.1, 0.15) is 24.5 Å². The van der Waals surface area contributed by atoms with E-state index in [9.17, 15) is 0 Å². The highest BCUT2D eigenvalue weighted by molar-refractivity contribution is 6.31. The highest BCUT2D eigenvalue weighted by atomic mass is 35.5. The first kappa shape index (κ1) is 15.8. The minimum atomic E-state index is 0.168. The summed E-state index contributed by atoms with van der Waals surface area (Å²) in [7, 11) is 2.05. The summed E-state index contributed by atoms with van der Waals surface area (Å²) in [6.45, 7) is 2.90. The predicted molar refractivity (Wildman–Crippen MR) is 89.8 cm³/mol. The average molecular weight is 304 g/mol. The first-order chi connectivity index (χ1) is 10.1. The molecule has 4 heteroatoms. The Morgan fingerprint density at radius 1 is 1.33 bits per heavy atom. The summed E-state index contributed by atoms with van der Waals surface area (Å²) in [4.78, 5) is 6.30. The third-order valence-corrected chi connectivity index (χ3v) is 3.98. The van der Waals surface area contributed by atoms with E-state index in [-0.39, 0.29) is 6.04 Å². The Morgan fingerprint density at radius 3 is 2.76 bits per heavy atom. The van der Waals surface area contributed by atoms with Crippen molar-refractivity contribution in [1.29, 1.82) is 0 Å². The number of pyridine rings is 1. The number of aromatic nitrogens is 1. The Kier molecular flexibility index (Phi) is 5.59. The van der Waals surface area contributed by atoms with E-state index in [1.807, 2.05) is 18.3 Å². The second-order valence-corrected chi connectivity index (χ2v) is 5.77. The van der Waals surface area contributed by atoms with Crippen molar-refractivity contribution in [3.05, 3.63) is 58.9 Å². The lowest BCUT2D eigenvalue weighted by Crippen LogP contribution is -2.21. The van der Waals surface area contributed by atoms with E-state index in [1.165, 1.54) is 5.56 Å². The van der Waals surface area contributed by atoms with Crippen LogP contribution < -0.4 is 10.6 Å². The topological polar surface area (TPSA) is 42.1 Å². The highest BCUT2D eigenvalue weighted by Gasteiger charge is 2.09. The minimum absolute atomic E-state index is 0.168. The summed E-state index contributed by atoms with van der Waals surface area (Å²) in [6.07, 6.45) is 5.44. The van der Waals surface area contributed by atoms with Crippen LogP contribution >= 0.6 is 11.6 Å². The molecule has 1 atom stereocenters. The molecule has 3 nitrogen and oxygen atoms in total. The van der Waals surface area contributed by atoms with E-state index in [0.29, 0.717) is 0 Å². The van der Waals surface area contributed by atoms with Gasteiger partial charge in [-0.05, 0) is 42.2 Å². The van der Waals surface area contributed by atoms with Crippen LogP contribution in [0.4, 0.5) is 5.69 Å². The number of hydrogen-bond donors (Lipinski definition) is 1. The van der Waals surface area contributed by atoms with Crippen LogP contribution in [-0.4, -0.2) is 18.1 Å². The van der Waals surface area contributed by atoms with Crippen molar-refractivity contribution >= 4 is 17.3 Å². The number of halogens is 1. The number of hydrogen-bond acceptors (Lipinski definition) is 3. The monoisotopic (exact) mass is 303 g/mol. The summed E-state index contributed by atoms with van der Waals surface area (Å²) in [5.74, 6) is 0. The lowest BCUT2D eigenvalue weighted by Gasteiger charge is -2.20. The van der Waals surface area contributed by atoms with Crippen LogP contribution in [0.15, 0.2) is 42.7 Å². The summed E-state index contributed by atoms with van der Waals surface area (Å²) >= 11 is 6.38. The van der Waals surface area contributed by atoms with E-state index in [2.05, 4.69) is 42.1 Å². The zero-order chi connectivity index (χ0) is 15.2. The molecule has 0 fully saturated rings. The van der Waals surface area contributed by atoms with Gasteiger partial charge in [0.1, 0.15) is 0 Å². The van der Waals surface area contributed by atoms with Crippen LogP contribution in [0.25, 0.3) is 0 Å². The highest BCUT2D eigenvalue weighted by Crippen LogP contribution is 2.25. The van der Waals surface area contributed by atoms with Gasteiger partial charge in [0.25, 0.3) is 0 Å². The number of rotatable bonds is 6.